The monoisotopic (exact) mass is 940 g/mol. The number of carbonyl (C=O) groups is 2. The summed E-state index contributed by atoms with van der Waals surface area (Å²) in [6, 6.07) is 73.9. The van der Waals surface area contributed by atoms with Crippen molar-refractivity contribution >= 4 is 72.6 Å². The number of benzene rings is 8. The summed E-state index contributed by atoms with van der Waals surface area (Å²) in [5.74, 6) is -2.09. The number of hydrogen-bond acceptors (Lipinski definition) is 4. The molecule has 0 amide bonds. The first-order chi connectivity index (χ1) is 27.5. The first-order valence-corrected chi connectivity index (χ1v) is 26.8. The second-order valence-electron chi connectivity index (χ2n) is 13.0. The van der Waals surface area contributed by atoms with E-state index in [1.807, 2.05) is 0 Å². The summed E-state index contributed by atoms with van der Waals surface area (Å²) in [6.45, 7) is 0. The van der Waals surface area contributed by atoms with Gasteiger partial charge in [0.2, 0.25) is 0 Å². The van der Waals surface area contributed by atoms with E-state index in [0.29, 0.717) is 0 Å². The van der Waals surface area contributed by atoms with E-state index in [4.69, 9.17) is 0 Å². The van der Waals surface area contributed by atoms with Gasteiger partial charge in [0.1, 0.15) is 0 Å². The molecule has 4 nitrogen and oxygen atoms in total. The first-order valence-electron chi connectivity index (χ1n) is 18.3. The molecule has 0 fully saturated rings. The maximum atomic E-state index is 12.1. The first kappa shape index (κ1) is 38.6. The van der Waals surface area contributed by atoms with Crippen molar-refractivity contribution in [1.29, 1.82) is 0 Å². The molecule has 0 saturated heterocycles. The van der Waals surface area contributed by atoms with Gasteiger partial charge in [0, 0.05) is 22.3 Å². The Bertz CT molecular complexity index is 2150. The molecule has 0 aliphatic heterocycles. The molecule has 0 saturated carbocycles. The van der Waals surface area contributed by atoms with Crippen molar-refractivity contribution < 1.29 is 19.8 Å². The molecule has 9 rings (SSSR count). The summed E-state index contributed by atoms with van der Waals surface area (Å²) in [5, 5.41) is 23.3. The summed E-state index contributed by atoms with van der Waals surface area (Å²) in [5.41, 5.74) is -0.243. The van der Waals surface area contributed by atoms with Crippen molar-refractivity contribution in [2.24, 2.45) is 0 Å². The summed E-state index contributed by atoms with van der Waals surface area (Å²) < 4.78 is 9.18. The van der Waals surface area contributed by atoms with Gasteiger partial charge in [-0.25, -0.2) is 0 Å². The molecule has 0 radical (unpaired) electrons. The van der Waals surface area contributed by atoms with Crippen molar-refractivity contribution in [3.8, 4) is 11.5 Å². The molecule has 8 aromatic carbocycles. The number of fused-ring (bicyclic) bond motifs is 2. The third-order valence-electron chi connectivity index (χ3n) is 9.37. The number of hydrogen-bond donors (Lipinski definition) is 0. The zero-order valence-corrected chi connectivity index (χ0v) is 36.1. The molecule has 0 bridgehead atoms. The summed E-state index contributed by atoms with van der Waals surface area (Å²) in [6.07, 6.45) is 0. The van der Waals surface area contributed by atoms with E-state index in [2.05, 4.69) is 182 Å². The van der Waals surface area contributed by atoms with E-state index in [1.165, 1.54) is 57.9 Å². The number of rotatable bonds is 6. The molecule has 0 unspecified atom stereocenters. The van der Waals surface area contributed by atoms with Crippen LogP contribution in [0.3, 0.4) is 0 Å². The van der Waals surface area contributed by atoms with Crippen molar-refractivity contribution in [3.05, 3.63) is 241 Å². The second-order valence-corrected chi connectivity index (χ2v) is 27.1. The van der Waals surface area contributed by atoms with Gasteiger partial charge in [-0.2, -0.15) is 0 Å². The van der Waals surface area contributed by atoms with Crippen LogP contribution in [-0.2, 0) is 0 Å². The van der Waals surface area contributed by atoms with Gasteiger partial charge in [-0.15, -0.1) is 0 Å². The van der Waals surface area contributed by atoms with Gasteiger partial charge in [0.05, 0.1) is 0 Å². The Morgan fingerprint density at radius 1 is 0.268 bits per heavy atom. The third kappa shape index (κ3) is 8.88. The molecule has 6 heteroatoms. The van der Waals surface area contributed by atoms with Crippen molar-refractivity contribution in [2.75, 3.05) is 0 Å². The summed E-state index contributed by atoms with van der Waals surface area (Å²) in [4.78, 5) is 24.3. The Kier molecular flexibility index (Phi) is 12.9. The molecular formula is C50H36O4Sn2. The quantitative estimate of drug-likeness (QED) is 0.220. The molecule has 0 spiro atoms. The van der Waals surface area contributed by atoms with Gasteiger partial charge in [-0.05, 0) is 0 Å². The number of carbonyl (C=O) groups excluding carboxylic acids is 2. The van der Waals surface area contributed by atoms with E-state index >= 15 is 0 Å². The van der Waals surface area contributed by atoms with Crippen LogP contribution in [0, 0.1) is 0 Å². The SMILES string of the molecule is O=C1c2cccc([O-])c2C(=O)c2cccc([O-])c21.c1cc[c]([Sn+]([c]2ccccc2)[c]2ccccc2)cc1.c1cc[c]([Sn+]([c]2ccccc2)[c]2ccccc2)cc1. The fourth-order valence-corrected chi connectivity index (χ4v) is 21.5. The van der Waals surface area contributed by atoms with Gasteiger partial charge >= 0.3 is 243 Å². The predicted molar refractivity (Wildman–Crippen MR) is 227 cm³/mol. The van der Waals surface area contributed by atoms with Gasteiger partial charge < -0.3 is 10.2 Å². The van der Waals surface area contributed by atoms with E-state index in [0.717, 1.165) is 0 Å². The van der Waals surface area contributed by atoms with Crippen LogP contribution >= 0.6 is 0 Å². The van der Waals surface area contributed by atoms with Crippen LogP contribution in [-0.4, -0.2) is 51.1 Å². The van der Waals surface area contributed by atoms with E-state index < -0.39 is 62.6 Å². The van der Waals surface area contributed by atoms with E-state index in [-0.39, 0.29) is 22.3 Å². The van der Waals surface area contributed by atoms with E-state index in [9.17, 15) is 19.8 Å². The fourth-order valence-electron chi connectivity index (χ4n) is 6.81. The standard InChI is InChI=1S/C14H8O4.6C6H5.2Sn/c15-9-5-1-3-7-11(9)14(18)8-4-2-6-10(16)12(8)13(7)17;6*1-2-4-6-5-3-1;;/h1-6,15-16H;6*1-5H;;/q;;;;;;;2*+1/p-2. The van der Waals surface area contributed by atoms with Crippen molar-refractivity contribution in [1.82, 2.24) is 0 Å². The molecule has 0 atom stereocenters. The minimum absolute atomic E-state index is 0.0169. The molecule has 0 N–H and O–H groups in total. The zero-order valence-electron chi connectivity index (χ0n) is 30.4. The molecule has 268 valence electrons. The minimum atomic E-state index is -1.98. The Morgan fingerprint density at radius 3 is 0.696 bits per heavy atom. The van der Waals surface area contributed by atoms with Crippen molar-refractivity contribution in [3.63, 3.8) is 0 Å². The molecule has 1 aliphatic carbocycles. The van der Waals surface area contributed by atoms with Crippen molar-refractivity contribution in [2.45, 2.75) is 0 Å². The second kappa shape index (κ2) is 18.8. The Labute approximate surface area is 341 Å². The van der Waals surface area contributed by atoms with Gasteiger partial charge in [-0.3, -0.25) is 9.59 Å². The Balaban J connectivity index is 0.000000129. The van der Waals surface area contributed by atoms with Crippen LogP contribution in [0.15, 0.2) is 218 Å². The van der Waals surface area contributed by atoms with Crippen LogP contribution in [0.4, 0.5) is 0 Å². The molecule has 8 aromatic rings. The van der Waals surface area contributed by atoms with Crippen LogP contribution in [0.2, 0.25) is 0 Å². The van der Waals surface area contributed by atoms with E-state index in [1.54, 1.807) is 0 Å². The van der Waals surface area contributed by atoms with Crippen LogP contribution in [0.1, 0.15) is 31.8 Å². The predicted octanol–water partition coefficient (Wildman–Crippen LogP) is 5.01. The van der Waals surface area contributed by atoms with Gasteiger partial charge in [-0.1, -0.05) is 47.9 Å². The van der Waals surface area contributed by atoms with Gasteiger partial charge in [0.15, 0.2) is 11.6 Å². The normalized spacial score (nSPS) is 11.1. The molecule has 0 heterocycles. The zero-order chi connectivity index (χ0) is 38.7. The average Bonchev–Trinajstić information content (AvgIpc) is 3.26. The maximum absolute atomic E-state index is 12.1. The molecule has 56 heavy (non-hydrogen) atoms. The molecule has 0 aromatic heterocycles. The fraction of sp³-hybridized carbons (Fsp3) is 0. The van der Waals surface area contributed by atoms with Crippen LogP contribution in [0.25, 0.3) is 0 Å². The van der Waals surface area contributed by atoms with Gasteiger partial charge in [0.25, 0.3) is 0 Å². The Hall–Kier alpha value is -5.70. The van der Waals surface area contributed by atoms with Crippen LogP contribution < -0.4 is 31.7 Å². The Morgan fingerprint density at radius 2 is 0.482 bits per heavy atom. The summed E-state index contributed by atoms with van der Waals surface area (Å²) in [7, 11) is 0. The molecule has 1 aliphatic rings. The topological polar surface area (TPSA) is 80.3 Å². The average molecular weight is 938 g/mol. The van der Waals surface area contributed by atoms with Crippen LogP contribution in [0.5, 0.6) is 11.5 Å². The number of ketones is 2. The molecular weight excluding hydrogens is 902 g/mol. The summed E-state index contributed by atoms with van der Waals surface area (Å²) >= 11 is -3.96. The third-order valence-corrected chi connectivity index (χ3v) is 25.0.